The van der Waals surface area contributed by atoms with Crippen molar-refractivity contribution in [2.45, 2.75) is 51.2 Å². The predicted octanol–water partition coefficient (Wildman–Crippen LogP) is 2.23. The Kier molecular flexibility index (Phi) is 4.67. The maximum atomic E-state index is 5.71. The van der Waals surface area contributed by atoms with Gasteiger partial charge in [-0.3, -0.25) is 0 Å². The summed E-state index contributed by atoms with van der Waals surface area (Å²) in [6.07, 6.45) is 8.28. The van der Waals surface area contributed by atoms with Crippen LogP contribution in [0.2, 0.25) is 0 Å². The topological polar surface area (TPSA) is 30.5 Å². The highest BCUT2D eigenvalue weighted by molar-refractivity contribution is 5.10. The van der Waals surface area contributed by atoms with Crippen LogP contribution in [0.1, 0.15) is 39.0 Å². The van der Waals surface area contributed by atoms with E-state index in [-0.39, 0.29) is 0 Å². The van der Waals surface area contributed by atoms with E-state index in [0.29, 0.717) is 12.1 Å². The number of rotatable bonds is 5. The second kappa shape index (κ2) is 6.26. The quantitative estimate of drug-likeness (QED) is 0.778. The van der Waals surface area contributed by atoms with E-state index >= 15 is 0 Å². The molecule has 0 radical (unpaired) electrons. The van der Waals surface area contributed by atoms with Crippen molar-refractivity contribution in [3.8, 4) is 0 Å². The van der Waals surface area contributed by atoms with E-state index in [4.69, 9.17) is 9.47 Å². The number of hydrogen-bond acceptors (Lipinski definition) is 3. The van der Waals surface area contributed by atoms with E-state index in [1.54, 1.807) is 0 Å². The van der Waals surface area contributed by atoms with Crippen molar-refractivity contribution >= 4 is 0 Å². The van der Waals surface area contributed by atoms with Crippen LogP contribution in [0.25, 0.3) is 0 Å². The molecule has 2 aliphatic heterocycles. The first-order chi connectivity index (χ1) is 7.90. The highest BCUT2D eigenvalue weighted by atomic mass is 16.5. The van der Waals surface area contributed by atoms with Gasteiger partial charge in [0.05, 0.1) is 19.0 Å². The molecule has 92 valence electrons. The molecule has 0 aromatic rings. The Balaban J connectivity index is 1.89. The molecule has 0 bridgehead atoms. The standard InChI is InChI=1S/C13H23NO2/c1-2-14-13(9-12-6-4-8-16-12)11-5-3-7-15-10-11/h10,12-14H,2-9H2,1H3. The molecule has 0 aromatic heterocycles. The van der Waals surface area contributed by atoms with Crippen LogP contribution in [-0.4, -0.2) is 31.9 Å². The van der Waals surface area contributed by atoms with Gasteiger partial charge in [-0.15, -0.1) is 0 Å². The molecule has 0 aliphatic carbocycles. The van der Waals surface area contributed by atoms with Gasteiger partial charge in [-0.25, -0.2) is 0 Å². The fourth-order valence-corrected chi connectivity index (χ4v) is 2.55. The zero-order chi connectivity index (χ0) is 11.2. The molecule has 0 aromatic carbocycles. The molecule has 1 saturated heterocycles. The van der Waals surface area contributed by atoms with Crippen molar-refractivity contribution in [3.05, 3.63) is 11.8 Å². The van der Waals surface area contributed by atoms with Crippen molar-refractivity contribution in [1.82, 2.24) is 5.32 Å². The lowest BCUT2D eigenvalue weighted by Gasteiger charge is -2.26. The molecule has 3 heteroatoms. The summed E-state index contributed by atoms with van der Waals surface area (Å²) in [5, 5.41) is 3.55. The van der Waals surface area contributed by atoms with Gasteiger partial charge < -0.3 is 14.8 Å². The molecular formula is C13H23NO2. The summed E-state index contributed by atoms with van der Waals surface area (Å²) < 4.78 is 11.1. The lowest BCUT2D eigenvalue weighted by molar-refractivity contribution is 0.0963. The molecular weight excluding hydrogens is 202 g/mol. The molecule has 2 rings (SSSR count). The Morgan fingerprint density at radius 1 is 1.44 bits per heavy atom. The van der Waals surface area contributed by atoms with E-state index in [1.165, 1.54) is 24.8 Å². The van der Waals surface area contributed by atoms with Gasteiger partial charge in [0.15, 0.2) is 0 Å². The SMILES string of the molecule is CCNC(CC1CCCO1)C1=COCCC1. The first kappa shape index (κ1) is 11.9. The average molecular weight is 225 g/mol. The molecule has 1 fully saturated rings. The fourth-order valence-electron chi connectivity index (χ4n) is 2.55. The molecule has 0 saturated carbocycles. The molecule has 1 N–H and O–H groups in total. The first-order valence-electron chi connectivity index (χ1n) is 6.55. The van der Waals surface area contributed by atoms with Gasteiger partial charge >= 0.3 is 0 Å². The van der Waals surface area contributed by atoms with Crippen LogP contribution in [0.3, 0.4) is 0 Å². The summed E-state index contributed by atoms with van der Waals surface area (Å²) >= 11 is 0. The Labute approximate surface area is 98.2 Å². The molecule has 3 nitrogen and oxygen atoms in total. The minimum absolute atomic E-state index is 0.451. The van der Waals surface area contributed by atoms with E-state index in [0.717, 1.165) is 32.6 Å². The molecule has 16 heavy (non-hydrogen) atoms. The van der Waals surface area contributed by atoms with Crippen molar-refractivity contribution in [2.24, 2.45) is 0 Å². The van der Waals surface area contributed by atoms with E-state index in [9.17, 15) is 0 Å². The molecule has 0 amide bonds. The predicted molar refractivity (Wildman–Crippen MR) is 64.3 cm³/mol. The summed E-state index contributed by atoms with van der Waals surface area (Å²) in [5.74, 6) is 0. The zero-order valence-electron chi connectivity index (χ0n) is 10.2. The van der Waals surface area contributed by atoms with Crippen LogP contribution in [0.15, 0.2) is 11.8 Å². The maximum absolute atomic E-state index is 5.71. The lowest BCUT2D eigenvalue weighted by Crippen LogP contribution is -2.35. The smallest absolute Gasteiger partial charge is 0.0876 e. The number of nitrogens with one attached hydrogen (secondary N) is 1. The van der Waals surface area contributed by atoms with Crippen LogP contribution < -0.4 is 5.32 Å². The van der Waals surface area contributed by atoms with Gasteiger partial charge in [0, 0.05) is 12.6 Å². The minimum Gasteiger partial charge on any atom is -0.501 e. The number of ether oxygens (including phenoxy) is 2. The molecule has 2 heterocycles. The van der Waals surface area contributed by atoms with Gasteiger partial charge in [-0.05, 0) is 44.2 Å². The van der Waals surface area contributed by atoms with Crippen LogP contribution in [0, 0.1) is 0 Å². The summed E-state index contributed by atoms with van der Waals surface area (Å²) in [4.78, 5) is 0. The fraction of sp³-hybridized carbons (Fsp3) is 0.846. The largest absolute Gasteiger partial charge is 0.501 e. The van der Waals surface area contributed by atoms with Crippen molar-refractivity contribution in [2.75, 3.05) is 19.8 Å². The van der Waals surface area contributed by atoms with Gasteiger partial charge in [-0.2, -0.15) is 0 Å². The van der Waals surface area contributed by atoms with E-state index < -0.39 is 0 Å². The van der Waals surface area contributed by atoms with Gasteiger partial charge in [0.1, 0.15) is 0 Å². The third-order valence-electron chi connectivity index (χ3n) is 3.38. The summed E-state index contributed by atoms with van der Waals surface area (Å²) in [6.45, 7) is 4.99. The molecule has 2 atom stereocenters. The van der Waals surface area contributed by atoms with Crippen molar-refractivity contribution in [1.29, 1.82) is 0 Å². The second-order valence-electron chi connectivity index (χ2n) is 4.65. The highest BCUT2D eigenvalue weighted by Gasteiger charge is 2.23. The number of likely N-dealkylation sites (N-methyl/N-ethyl adjacent to an activating group) is 1. The summed E-state index contributed by atoms with van der Waals surface area (Å²) in [6, 6.07) is 0.452. The van der Waals surface area contributed by atoms with Gasteiger partial charge in [0.25, 0.3) is 0 Å². The van der Waals surface area contributed by atoms with Crippen LogP contribution in [-0.2, 0) is 9.47 Å². The van der Waals surface area contributed by atoms with Crippen LogP contribution >= 0.6 is 0 Å². The van der Waals surface area contributed by atoms with Crippen molar-refractivity contribution < 1.29 is 9.47 Å². The Hall–Kier alpha value is -0.540. The zero-order valence-corrected chi connectivity index (χ0v) is 10.2. The minimum atomic E-state index is 0.451. The molecule has 0 spiro atoms. The summed E-state index contributed by atoms with van der Waals surface area (Å²) in [7, 11) is 0. The van der Waals surface area contributed by atoms with E-state index in [2.05, 4.69) is 12.2 Å². The van der Waals surface area contributed by atoms with Gasteiger partial charge in [-0.1, -0.05) is 6.92 Å². The van der Waals surface area contributed by atoms with Crippen LogP contribution in [0.4, 0.5) is 0 Å². The number of hydrogen-bond donors (Lipinski definition) is 1. The average Bonchev–Trinajstić information content (AvgIpc) is 2.83. The molecule has 2 unspecified atom stereocenters. The Morgan fingerprint density at radius 2 is 2.38 bits per heavy atom. The third kappa shape index (κ3) is 3.22. The molecule has 2 aliphatic rings. The monoisotopic (exact) mass is 225 g/mol. The normalized spacial score (nSPS) is 27.3. The van der Waals surface area contributed by atoms with Gasteiger partial charge in [0.2, 0.25) is 0 Å². The Bertz CT molecular complexity index is 234. The third-order valence-corrected chi connectivity index (χ3v) is 3.38. The van der Waals surface area contributed by atoms with Crippen molar-refractivity contribution in [3.63, 3.8) is 0 Å². The first-order valence-corrected chi connectivity index (χ1v) is 6.55. The lowest BCUT2D eigenvalue weighted by atomic mass is 9.96. The maximum Gasteiger partial charge on any atom is 0.0876 e. The second-order valence-corrected chi connectivity index (χ2v) is 4.65. The summed E-state index contributed by atoms with van der Waals surface area (Å²) in [5.41, 5.74) is 1.42. The Morgan fingerprint density at radius 3 is 3.00 bits per heavy atom. The highest BCUT2D eigenvalue weighted by Crippen LogP contribution is 2.23. The van der Waals surface area contributed by atoms with Crippen LogP contribution in [0.5, 0.6) is 0 Å². The van der Waals surface area contributed by atoms with E-state index in [1.807, 2.05) is 6.26 Å².